The second-order valence-electron chi connectivity index (χ2n) is 5.50. The molecule has 1 amide bonds. The average Bonchev–Trinajstić information content (AvgIpc) is 2.61. The molecule has 0 spiro atoms. The van der Waals surface area contributed by atoms with Crippen molar-refractivity contribution in [3.8, 4) is 0 Å². The molecule has 0 heterocycles. The van der Waals surface area contributed by atoms with Gasteiger partial charge < -0.3 is 14.8 Å². The molecule has 0 aliphatic heterocycles. The topological polar surface area (TPSA) is 116 Å². The summed E-state index contributed by atoms with van der Waals surface area (Å²) in [5.41, 5.74) is -5.31. The molecule has 10 heteroatoms. The van der Waals surface area contributed by atoms with Crippen molar-refractivity contribution in [2.45, 2.75) is 43.1 Å². The molecule has 0 saturated carbocycles. The lowest BCUT2D eigenvalue weighted by atomic mass is 9.95. The lowest BCUT2D eigenvalue weighted by molar-refractivity contribution is -0.168. The summed E-state index contributed by atoms with van der Waals surface area (Å²) < 4.78 is 49.3. The van der Waals surface area contributed by atoms with Gasteiger partial charge in [0.1, 0.15) is 0 Å². The summed E-state index contributed by atoms with van der Waals surface area (Å²) in [5.74, 6) is -3.46. The molecule has 0 aliphatic carbocycles. The van der Waals surface area contributed by atoms with Crippen LogP contribution in [0.4, 0.5) is 4.39 Å². The number of rotatable bonds is 9. The molecule has 1 atom stereocenters. The van der Waals surface area contributed by atoms with Crippen LogP contribution >= 0.6 is 0 Å². The van der Waals surface area contributed by atoms with E-state index >= 15 is 0 Å². The van der Waals surface area contributed by atoms with Gasteiger partial charge in [0.25, 0.3) is 0 Å². The first kappa shape index (κ1) is 22.6. The van der Waals surface area contributed by atoms with Crippen LogP contribution in [0.2, 0.25) is 0 Å². The van der Waals surface area contributed by atoms with Crippen molar-refractivity contribution in [2.75, 3.05) is 13.2 Å². The van der Waals surface area contributed by atoms with Gasteiger partial charge in [0.15, 0.2) is 0 Å². The Hall–Kier alpha value is -2.49. The highest BCUT2D eigenvalue weighted by molar-refractivity contribution is 7.91. The molecular formula is C17H22FNO7S. The number of hydrogen-bond donors (Lipinski definition) is 1. The highest BCUT2D eigenvalue weighted by Crippen LogP contribution is 2.27. The Morgan fingerprint density at radius 1 is 1.07 bits per heavy atom. The van der Waals surface area contributed by atoms with Gasteiger partial charge in [-0.25, -0.2) is 22.4 Å². The van der Waals surface area contributed by atoms with Gasteiger partial charge in [0.05, 0.1) is 18.1 Å². The Morgan fingerprint density at radius 2 is 1.56 bits per heavy atom. The molecule has 1 rings (SSSR count). The zero-order valence-corrected chi connectivity index (χ0v) is 16.0. The molecule has 0 fully saturated rings. The van der Waals surface area contributed by atoms with Crippen molar-refractivity contribution >= 4 is 27.7 Å². The Morgan fingerprint density at radius 3 is 1.96 bits per heavy atom. The Bertz CT molecular complexity index is 762. The standard InChI is InChI=1S/C17H22FNO7S/c1-4-25-15(21)17(19-12(3)20,16(22)26-5-2)11-14(18)27(23,24)13-9-7-6-8-10-13/h6-10,14H,4-5,11H2,1-3H3,(H,19,20). The minimum atomic E-state index is -4.54. The largest absolute Gasteiger partial charge is 0.464 e. The normalized spacial score (nSPS) is 12.7. The van der Waals surface area contributed by atoms with Crippen LogP contribution in [0.25, 0.3) is 0 Å². The van der Waals surface area contributed by atoms with Crippen LogP contribution in [-0.4, -0.2) is 50.5 Å². The van der Waals surface area contributed by atoms with Gasteiger partial charge in [-0.05, 0) is 26.0 Å². The molecule has 0 radical (unpaired) electrons. The van der Waals surface area contributed by atoms with Crippen LogP contribution in [0.15, 0.2) is 35.2 Å². The van der Waals surface area contributed by atoms with Crippen LogP contribution < -0.4 is 5.32 Å². The van der Waals surface area contributed by atoms with E-state index in [1.807, 2.05) is 5.32 Å². The van der Waals surface area contributed by atoms with E-state index in [0.717, 1.165) is 6.92 Å². The fourth-order valence-electron chi connectivity index (χ4n) is 2.32. The number of hydrogen-bond acceptors (Lipinski definition) is 7. The van der Waals surface area contributed by atoms with Gasteiger partial charge in [0, 0.05) is 13.3 Å². The summed E-state index contributed by atoms with van der Waals surface area (Å²) in [6, 6.07) is 6.70. The smallest absolute Gasteiger partial charge is 0.343 e. The van der Waals surface area contributed by atoms with E-state index in [-0.39, 0.29) is 18.1 Å². The first-order chi connectivity index (χ1) is 12.6. The maximum Gasteiger partial charge on any atom is 0.343 e. The predicted molar refractivity (Wildman–Crippen MR) is 93.0 cm³/mol. The summed E-state index contributed by atoms with van der Waals surface area (Å²) in [5, 5.41) is 2.02. The minimum Gasteiger partial charge on any atom is -0.464 e. The summed E-state index contributed by atoms with van der Waals surface area (Å²) in [6.07, 6.45) is -1.19. The third kappa shape index (κ3) is 5.25. The van der Waals surface area contributed by atoms with E-state index in [0.29, 0.717) is 0 Å². The molecule has 1 unspecified atom stereocenters. The fraction of sp³-hybridized carbons (Fsp3) is 0.471. The van der Waals surface area contributed by atoms with Crippen LogP contribution in [-0.2, 0) is 33.7 Å². The van der Waals surface area contributed by atoms with Crippen molar-refractivity contribution in [1.29, 1.82) is 0 Å². The van der Waals surface area contributed by atoms with E-state index in [2.05, 4.69) is 0 Å². The molecule has 1 aromatic carbocycles. The lowest BCUT2D eigenvalue weighted by Crippen LogP contribution is -2.62. The van der Waals surface area contributed by atoms with Gasteiger partial charge in [-0.15, -0.1) is 0 Å². The number of carbonyl (C=O) groups excluding carboxylic acids is 3. The monoisotopic (exact) mass is 403 g/mol. The fourth-order valence-corrected chi connectivity index (χ4v) is 3.62. The number of carbonyl (C=O) groups is 3. The highest BCUT2D eigenvalue weighted by Gasteiger charge is 2.53. The summed E-state index contributed by atoms with van der Waals surface area (Å²) in [7, 11) is -4.54. The van der Waals surface area contributed by atoms with Crippen molar-refractivity contribution in [2.24, 2.45) is 0 Å². The second-order valence-corrected chi connectivity index (χ2v) is 7.57. The van der Waals surface area contributed by atoms with Crippen LogP contribution in [0, 0.1) is 0 Å². The zero-order chi connectivity index (χ0) is 20.7. The number of sulfone groups is 1. The summed E-state index contributed by atoms with van der Waals surface area (Å²) >= 11 is 0. The molecule has 1 N–H and O–H groups in total. The first-order valence-corrected chi connectivity index (χ1v) is 9.72. The van der Waals surface area contributed by atoms with Gasteiger partial charge in [-0.1, -0.05) is 18.2 Å². The van der Waals surface area contributed by atoms with E-state index in [4.69, 9.17) is 9.47 Å². The summed E-state index contributed by atoms with van der Waals surface area (Å²) in [6.45, 7) is 3.51. The predicted octanol–water partition coefficient (Wildman–Crippen LogP) is 1.15. The van der Waals surface area contributed by atoms with E-state index in [1.54, 1.807) is 6.07 Å². The highest BCUT2D eigenvalue weighted by atomic mass is 32.2. The molecule has 0 aliphatic rings. The molecule has 0 bridgehead atoms. The third-order valence-corrected chi connectivity index (χ3v) is 5.28. The Labute approximate surface area is 156 Å². The number of benzene rings is 1. The number of halogens is 1. The second kappa shape index (κ2) is 9.45. The first-order valence-electron chi connectivity index (χ1n) is 8.18. The third-order valence-electron chi connectivity index (χ3n) is 3.51. The van der Waals surface area contributed by atoms with Gasteiger partial charge in [-0.3, -0.25) is 4.79 Å². The van der Waals surface area contributed by atoms with Crippen molar-refractivity contribution in [3.63, 3.8) is 0 Å². The van der Waals surface area contributed by atoms with E-state index in [9.17, 15) is 27.2 Å². The quantitative estimate of drug-likeness (QED) is 0.486. The Balaban J connectivity index is 3.38. The number of esters is 2. The number of nitrogens with one attached hydrogen (secondary N) is 1. The molecule has 1 aromatic rings. The average molecular weight is 403 g/mol. The van der Waals surface area contributed by atoms with Crippen molar-refractivity contribution in [1.82, 2.24) is 5.32 Å². The molecule has 150 valence electrons. The Kier molecular flexibility index (Phi) is 7.89. The van der Waals surface area contributed by atoms with Gasteiger partial charge in [0.2, 0.25) is 26.8 Å². The maximum absolute atomic E-state index is 14.9. The lowest BCUT2D eigenvalue weighted by Gasteiger charge is -2.30. The minimum absolute atomic E-state index is 0.179. The number of ether oxygens (including phenoxy) is 2. The molecule has 0 saturated heterocycles. The molecule has 0 aromatic heterocycles. The number of alkyl halides is 1. The van der Waals surface area contributed by atoms with Gasteiger partial charge in [-0.2, -0.15) is 0 Å². The van der Waals surface area contributed by atoms with Crippen molar-refractivity contribution in [3.05, 3.63) is 30.3 Å². The van der Waals surface area contributed by atoms with E-state index in [1.165, 1.54) is 38.1 Å². The molecule has 8 nitrogen and oxygen atoms in total. The van der Waals surface area contributed by atoms with Gasteiger partial charge >= 0.3 is 11.9 Å². The molecular weight excluding hydrogens is 381 g/mol. The van der Waals surface area contributed by atoms with Crippen LogP contribution in [0.5, 0.6) is 0 Å². The van der Waals surface area contributed by atoms with Crippen LogP contribution in [0.1, 0.15) is 27.2 Å². The van der Waals surface area contributed by atoms with Crippen LogP contribution in [0.3, 0.4) is 0 Å². The number of amides is 1. The zero-order valence-electron chi connectivity index (χ0n) is 15.2. The SMILES string of the molecule is CCOC(=O)C(CC(F)S(=O)(=O)c1ccccc1)(NC(C)=O)C(=O)OCC. The maximum atomic E-state index is 14.9. The van der Waals surface area contributed by atoms with E-state index < -0.39 is 45.1 Å². The summed E-state index contributed by atoms with van der Waals surface area (Å²) in [4.78, 5) is 36.1. The molecule has 27 heavy (non-hydrogen) atoms. The van der Waals surface area contributed by atoms with Crippen molar-refractivity contribution < 1.29 is 36.7 Å².